The second-order valence-corrected chi connectivity index (χ2v) is 5.47. The van der Waals surface area contributed by atoms with E-state index < -0.39 is 0 Å². The zero-order chi connectivity index (χ0) is 15.4. The molecular formula is C14H15Cl2N3O2. The number of halogens is 2. The van der Waals surface area contributed by atoms with Crippen LogP contribution in [0.1, 0.15) is 20.3 Å². The van der Waals surface area contributed by atoms with E-state index in [1.54, 1.807) is 12.1 Å². The molecule has 5 nitrogen and oxygen atoms in total. The summed E-state index contributed by atoms with van der Waals surface area (Å²) in [6, 6.07) is 3.36. The molecule has 0 spiro atoms. The monoisotopic (exact) mass is 327 g/mol. The molecule has 1 atom stereocenters. The average Bonchev–Trinajstić information content (AvgIpc) is 2.45. The van der Waals surface area contributed by atoms with Crippen molar-refractivity contribution in [2.75, 3.05) is 6.61 Å². The number of carbonyl (C=O) groups excluding carboxylic acids is 1. The quantitative estimate of drug-likeness (QED) is 0.915. The van der Waals surface area contributed by atoms with E-state index in [9.17, 15) is 4.79 Å². The van der Waals surface area contributed by atoms with Gasteiger partial charge in [0.1, 0.15) is 6.33 Å². The zero-order valence-electron chi connectivity index (χ0n) is 11.7. The summed E-state index contributed by atoms with van der Waals surface area (Å²) < 4.78 is 5.46. The van der Waals surface area contributed by atoms with Gasteiger partial charge in [-0.3, -0.25) is 4.79 Å². The fourth-order valence-electron chi connectivity index (χ4n) is 1.74. The van der Waals surface area contributed by atoms with Gasteiger partial charge < -0.3 is 10.1 Å². The summed E-state index contributed by atoms with van der Waals surface area (Å²) in [6.45, 7) is 3.80. The minimum Gasteiger partial charge on any atom is -0.467 e. The van der Waals surface area contributed by atoms with Crippen molar-refractivity contribution in [2.45, 2.75) is 26.3 Å². The van der Waals surface area contributed by atoms with Crippen LogP contribution in [0.4, 0.5) is 0 Å². The van der Waals surface area contributed by atoms with Crippen LogP contribution >= 0.6 is 23.2 Å². The van der Waals surface area contributed by atoms with E-state index in [1.165, 1.54) is 6.33 Å². The summed E-state index contributed by atoms with van der Waals surface area (Å²) >= 11 is 12.0. The molecule has 7 heteroatoms. The van der Waals surface area contributed by atoms with E-state index in [1.807, 2.05) is 13.8 Å². The maximum atomic E-state index is 11.7. The Kier molecular flexibility index (Phi) is 5.20. The molecule has 0 aliphatic carbocycles. The van der Waals surface area contributed by atoms with Crippen molar-refractivity contribution in [3.05, 3.63) is 28.5 Å². The lowest BCUT2D eigenvalue weighted by Crippen LogP contribution is -2.35. The molecule has 1 heterocycles. The Hall–Kier alpha value is -1.59. The Balaban J connectivity index is 2.17. The molecule has 0 radical (unpaired) electrons. The second-order valence-electron chi connectivity index (χ2n) is 4.63. The van der Waals surface area contributed by atoms with Crippen LogP contribution in [-0.4, -0.2) is 28.5 Å². The van der Waals surface area contributed by atoms with E-state index in [0.717, 1.165) is 6.42 Å². The van der Waals surface area contributed by atoms with Gasteiger partial charge in [0.2, 0.25) is 5.88 Å². The number of hydrogen-bond donors (Lipinski definition) is 1. The number of nitrogens with zero attached hydrogens (tertiary/aromatic N) is 2. The Morgan fingerprint density at radius 1 is 1.38 bits per heavy atom. The summed E-state index contributed by atoms with van der Waals surface area (Å²) in [5.74, 6) is 0.0768. The molecule has 0 aliphatic heterocycles. The number of nitrogens with one attached hydrogen (secondary N) is 1. The van der Waals surface area contributed by atoms with Gasteiger partial charge >= 0.3 is 0 Å². The molecule has 0 fully saturated rings. The highest BCUT2D eigenvalue weighted by molar-refractivity contribution is 6.38. The maximum Gasteiger partial charge on any atom is 0.258 e. The first-order chi connectivity index (χ1) is 10.0. The Labute approximate surface area is 132 Å². The first kappa shape index (κ1) is 15.8. The molecule has 1 unspecified atom stereocenters. The Morgan fingerprint density at radius 2 is 2.14 bits per heavy atom. The van der Waals surface area contributed by atoms with E-state index >= 15 is 0 Å². The minimum atomic E-state index is -0.204. The molecule has 0 saturated heterocycles. The minimum absolute atomic E-state index is 0.104. The molecule has 1 aromatic heterocycles. The van der Waals surface area contributed by atoms with Gasteiger partial charge in [-0.05, 0) is 25.5 Å². The van der Waals surface area contributed by atoms with Crippen LogP contribution in [0.25, 0.3) is 10.9 Å². The SMILES string of the molecule is CCC(C)NC(=O)COc1ncnc2c(Cl)cc(Cl)cc12. The predicted octanol–water partition coefficient (Wildman–Crippen LogP) is 3.23. The first-order valence-electron chi connectivity index (χ1n) is 6.53. The molecule has 0 aliphatic rings. The topological polar surface area (TPSA) is 64.1 Å². The fraction of sp³-hybridized carbons (Fsp3) is 0.357. The number of aromatic nitrogens is 2. The van der Waals surface area contributed by atoms with Gasteiger partial charge in [0.15, 0.2) is 6.61 Å². The average molecular weight is 328 g/mol. The van der Waals surface area contributed by atoms with E-state index in [2.05, 4.69) is 15.3 Å². The van der Waals surface area contributed by atoms with E-state index in [0.29, 0.717) is 20.9 Å². The third-order valence-corrected chi connectivity index (χ3v) is 3.49. The standard InChI is InChI=1S/C14H15Cl2N3O2/c1-3-8(2)19-12(20)6-21-14-10-4-9(15)5-11(16)13(10)17-7-18-14/h4-5,7-8H,3,6H2,1-2H3,(H,19,20). The van der Waals surface area contributed by atoms with Crippen molar-refractivity contribution in [3.63, 3.8) is 0 Å². The lowest BCUT2D eigenvalue weighted by Gasteiger charge is -2.12. The van der Waals surface area contributed by atoms with Crippen LogP contribution < -0.4 is 10.1 Å². The molecule has 0 bridgehead atoms. The van der Waals surface area contributed by atoms with Crippen molar-refractivity contribution < 1.29 is 9.53 Å². The molecule has 2 aromatic rings. The summed E-state index contributed by atoms with van der Waals surface area (Å²) in [4.78, 5) is 19.8. The van der Waals surface area contributed by atoms with E-state index in [4.69, 9.17) is 27.9 Å². The molecule has 1 N–H and O–H groups in total. The third-order valence-electron chi connectivity index (χ3n) is 2.98. The summed E-state index contributed by atoms with van der Waals surface area (Å²) in [5.41, 5.74) is 0.536. The number of benzene rings is 1. The highest BCUT2D eigenvalue weighted by Gasteiger charge is 2.12. The molecule has 112 valence electrons. The van der Waals surface area contributed by atoms with Gasteiger partial charge in [-0.2, -0.15) is 0 Å². The molecule has 21 heavy (non-hydrogen) atoms. The Morgan fingerprint density at radius 3 is 2.86 bits per heavy atom. The smallest absolute Gasteiger partial charge is 0.258 e. The van der Waals surface area contributed by atoms with Crippen LogP contribution in [0.2, 0.25) is 10.0 Å². The zero-order valence-corrected chi connectivity index (χ0v) is 13.2. The van der Waals surface area contributed by atoms with Gasteiger partial charge in [0.25, 0.3) is 5.91 Å². The van der Waals surface area contributed by atoms with Crippen LogP contribution in [0.5, 0.6) is 5.88 Å². The third kappa shape index (κ3) is 3.95. The molecular weight excluding hydrogens is 313 g/mol. The van der Waals surface area contributed by atoms with Crippen LogP contribution in [0.3, 0.4) is 0 Å². The van der Waals surface area contributed by atoms with Crippen molar-refractivity contribution in [3.8, 4) is 5.88 Å². The number of amides is 1. The second kappa shape index (κ2) is 6.91. The van der Waals surface area contributed by atoms with Crippen molar-refractivity contribution >= 4 is 40.0 Å². The number of hydrogen-bond acceptors (Lipinski definition) is 4. The number of ether oxygens (including phenoxy) is 1. The summed E-state index contributed by atoms with van der Waals surface area (Å²) in [7, 11) is 0. The lowest BCUT2D eigenvalue weighted by molar-refractivity contribution is -0.123. The van der Waals surface area contributed by atoms with Crippen LogP contribution in [0, 0.1) is 0 Å². The molecule has 2 rings (SSSR count). The molecule has 1 aromatic carbocycles. The van der Waals surface area contributed by atoms with Crippen LogP contribution in [0.15, 0.2) is 18.5 Å². The van der Waals surface area contributed by atoms with Gasteiger partial charge in [0.05, 0.1) is 15.9 Å². The summed E-state index contributed by atoms with van der Waals surface area (Å²) in [5, 5.41) is 4.25. The Bertz CT molecular complexity index is 664. The van der Waals surface area contributed by atoms with Gasteiger partial charge in [-0.15, -0.1) is 0 Å². The van der Waals surface area contributed by atoms with Crippen LogP contribution in [-0.2, 0) is 4.79 Å². The number of rotatable bonds is 5. The summed E-state index contributed by atoms with van der Waals surface area (Å²) in [6.07, 6.45) is 2.19. The van der Waals surface area contributed by atoms with Gasteiger partial charge in [0, 0.05) is 11.1 Å². The first-order valence-corrected chi connectivity index (χ1v) is 7.28. The highest BCUT2D eigenvalue weighted by atomic mass is 35.5. The highest BCUT2D eigenvalue weighted by Crippen LogP contribution is 2.30. The van der Waals surface area contributed by atoms with Gasteiger partial charge in [-0.25, -0.2) is 9.97 Å². The van der Waals surface area contributed by atoms with Gasteiger partial charge in [-0.1, -0.05) is 30.1 Å². The maximum absolute atomic E-state index is 11.7. The fourth-order valence-corrected chi connectivity index (χ4v) is 2.28. The normalized spacial score (nSPS) is 12.2. The largest absolute Gasteiger partial charge is 0.467 e. The predicted molar refractivity (Wildman–Crippen MR) is 82.9 cm³/mol. The van der Waals surface area contributed by atoms with Crippen molar-refractivity contribution in [2.24, 2.45) is 0 Å². The molecule has 1 amide bonds. The molecule has 0 saturated carbocycles. The number of fused-ring (bicyclic) bond motifs is 1. The van der Waals surface area contributed by atoms with Crippen molar-refractivity contribution in [1.29, 1.82) is 0 Å². The van der Waals surface area contributed by atoms with E-state index in [-0.39, 0.29) is 24.4 Å². The number of carbonyl (C=O) groups is 1. The lowest BCUT2D eigenvalue weighted by atomic mass is 10.2. The van der Waals surface area contributed by atoms with Crippen molar-refractivity contribution in [1.82, 2.24) is 15.3 Å².